The van der Waals surface area contributed by atoms with E-state index in [1.54, 1.807) is 18.1 Å². The molecule has 1 aromatic carbocycles. The van der Waals surface area contributed by atoms with Gasteiger partial charge in [-0.05, 0) is 18.2 Å². The maximum atomic E-state index is 12.3. The topological polar surface area (TPSA) is 83.4 Å². The summed E-state index contributed by atoms with van der Waals surface area (Å²) in [6, 6.07) is 7.43. The molecule has 1 amide bonds. The van der Waals surface area contributed by atoms with E-state index in [-0.39, 0.29) is 12.3 Å². The van der Waals surface area contributed by atoms with E-state index in [2.05, 4.69) is 10.3 Å². The van der Waals surface area contributed by atoms with Crippen molar-refractivity contribution in [2.75, 3.05) is 33.4 Å². The van der Waals surface area contributed by atoms with Gasteiger partial charge < -0.3 is 24.8 Å². The van der Waals surface area contributed by atoms with Crippen LogP contribution in [0.2, 0.25) is 0 Å². The van der Waals surface area contributed by atoms with Gasteiger partial charge in [-0.25, -0.2) is 4.99 Å². The number of amidine groups is 1. The molecule has 2 heterocycles. The molecule has 2 aliphatic heterocycles. The molecule has 1 saturated heterocycles. The van der Waals surface area contributed by atoms with Crippen molar-refractivity contribution >= 4 is 17.4 Å². The molecule has 0 radical (unpaired) electrons. The maximum Gasteiger partial charge on any atom is 0.230 e. The summed E-state index contributed by atoms with van der Waals surface area (Å²) in [7, 11) is 1.60. The summed E-state index contributed by atoms with van der Waals surface area (Å²) in [4.78, 5) is 18.6. The Labute approximate surface area is 140 Å². The zero-order valence-corrected chi connectivity index (χ0v) is 13.6. The number of rotatable bonds is 4. The average Bonchev–Trinajstić information content (AvgIpc) is 2.62. The largest absolute Gasteiger partial charge is 0.497 e. The number of morpholine rings is 1. The Balaban J connectivity index is 1.75. The molecule has 1 aromatic rings. The van der Waals surface area contributed by atoms with Gasteiger partial charge in [0.05, 0.1) is 32.4 Å². The molecule has 0 aromatic heterocycles. The van der Waals surface area contributed by atoms with Crippen LogP contribution in [0.1, 0.15) is 12.0 Å². The quantitative estimate of drug-likeness (QED) is 0.844. The van der Waals surface area contributed by atoms with Gasteiger partial charge in [0.1, 0.15) is 17.8 Å². The number of aliphatic hydroxyl groups is 1. The Hall–Kier alpha value is -2.38. The van der Waals surface area contributed by atoms with Crippen molar-refractivity contribution in [3.8, 4) is 5.75 Å². The normalized spacial score (nSPS) is 20.8. The molecule has 128 valence electrons. The number of carbonyl (C=O) groups is 1. The number of nitrogens with zero attached hydrogens (tertiary/aromatic N) is 2. The van der Waals surface area contributed by atoms with Crippen molar-refractivity contribution < 1.29 is 19.4 Å². The highest BCUT2D eigenvalue weighted by Gasteiger charge is 2.22. The zero-order valence-electron chi connectivity index (χ0n) is 13.6. The lowest BCUT2D eigenvalue weighted by Gasteiger charge is -2.28. The van der Waals surface area contributed by atoms with Crippen LogP contribution in [0.4, 0.5) is 0 Å². The van der Waals surface area contributed by atoms with Crippen molar-refractivity contribution in [1.29, 1.82) is 0 Å². The second kappa shape index (κ2) is 7.46. The molecule has 0 spiro atoms. The van der Waals surface area contributed by atoms with Crippen LogP contribution in [0.25, 0.3) is 5.70 Å². The summed E-state index contributed by atoms with van der Waals surface area (Å²) in [5.74, 6) is 1.14. The monoisotopic (exact) mass is 331 g/mol. The van der Waals surface area contributed by atoms with Crippen molar-refractivity contribution in [3.05, 3.63) is 35.9 Å². The minimum absolute atomic E-state index is 0.0244. The Kier molecular flexibility index (Phi) is 5.12. The SMILES string of the molecule is COc1cccc(C2=CC(O)NC(CC(=O)N3CCOCC3)=N2)c1. The summed E-state index contributed by atoms with van der Waals surface area (Å²) in [6.45, 7) is 2.30. The predicted molar refractivity (Wildman–Crippen MR) is 89.6 cm³/mol. The van der Waals surface area contributed by atoms with Crippen LogP contribution in [0.5, 0.6) is 5.75 Å². The number of hydrogen-bond acceptors (Lipinski definition) is 6. The van der Waals surface area contributed by atoms with E-state index >= 15 is 0 Å². The van der Waals surface area contributed by atoms with Gasteiger partial charge in [0.25, 0.3) is 0 Å². The van der Waals surface area contributed by atoms with Crippen molar-refractivity contribution in [2.24, 2.45) is 4.99 Å². The molecule has 24 heavy (non-hydrogen) atoms. The van der Waals surface area contributed by atoms with E-state index in [9.17, 15) is 9.90 Å². The number of aliphatic hydroxyl groups excluding tert-OH is 1. The standard InChI is InChI=1S/C17H21N3O4/c1-23-13-4-2-3-12(9-13)14-10-16(21)19-15(18-14)11-17(22)20-5-7-24-8-6-20/h2-4,9-10,16,21H,5-8,11H2,1H3,(H,18,19). The number of aliphatic imine (C=N–C) groups is 1. The summed E-state index contributed by atoms with van der Waals surface area (Å²) in [6.07, 6.45) is 0.853. The van der Waals surface area contributed by atoms with Gasteiger partial charge in [-0.1, -0.05) is 12.1 Å². The third-order valence-corrected chi connectivity index (χ3v) is 3.93. The molecule has 1 unspecified atom stereocenters. The van der Waals surface area contributed by atoms with Gasteiger partial charge in [0.15, 0.2) is 0 Å². The van der Waals surface area contributed by atoms with Crippen LogP contribution >= 0.6 is 0 Å². The zero-order chi connectivity index (χ0) is 16.9. The highest BCUT2D eigenvalue weighted by Crippen LogP contribution is 2.23. The summed E-state index contributed by atoms with van der Waals surface area (Å²) in [5, 5.41) is 12.9. The first-order valence-corrected chi connectivity index (χ1v) is 7.89. The first kappa shape index (κ1) is 16.5. The van der Waals surface area contributed by atoms with E-state index in [1.807, 2.05) is 24.3 Å². The van der Waals surface area contributed by atoms with Crippen LogP contribution in [-0.4, -0.2) is 61.4 Å². The lowest BCUT2D eigenvalue weighted by Crippen LogP contribution is -2.44. The van der Waals surface area contributed by atoms with Gasteiger partial charge in [0, 0.05) is 18.7 Å². The van der Waals surface area contributed by atoms with E-state index in [1.165, 1.54) is 0 Å². The molecule has 0 bridgehead atoms. The number of hydrogen-bond donors (Lipinski definition) is 2. The number of amides is 1. The lowest BCUT2D eigenvalue weighted by atomic mass is 10.1. The van der Waals surface area contributed by atoms with Crippen LogP contribution in [0.3, 0.4) is 0 Å². The number of benzene rings is 1. The first-order chi connectivity index (χ1) is 11.7. The molecule has 7 nitrogen and oxygen atoms in total. The van der Waals surface area contributed by atoms with E-state index in [4.69, 9.17) is 9.47 Å². The summed E-state index contributed by atoms with van der Waals surface area (Å²) >= 11 is 0. The fourth-order valence-electron chi connectivity index (χ4n) is 2.68. The highest BCUT2D eigenvalue weighted by molar-refractivity contribution is 6.03. The Morgan fingerprint density at radius 2 is 2.25 bits per heavy atom. The van der Waals surface area contributed by atoms with Crippen LogP contribution in [0.15, 0.2) is 35.3 Å². The average molecular weight is 331 g/mol. The van der Waals surface area contributed by atoms with Crippen LogP contribution in [0, 0.1) is 0 Å². The molecule has 1 atom stereocenters. The number of nitrogens with one attached hydrogen (secondary N) is 1. The van der Waals surface area contributed by atoms with E-state index < -0.39 is 6.23 Å². The Bertz CT molecular complexity index is 666. The molecule has 3 rings (SSSR count). The minimum Gasteiger partial charge on any atom is -0.497 e. The van der Waals surface area contributed by atoms with Crippen molar-refractivity contribution in [1.82, 2.24) is 10.2 Å². The molecular formula is C17H21N3O4. The van der Waals surface area contributed by atoms with Crippen molar-refractivity contribution in [2.45, 2.75) is 12.6 Å². The van der Waals surface area contributed by atoms with Gasteiger partial charge in [-0.3, -0.25) is 4.79 Å². The highest BCUT2D eigenvalue weighted by atomic mass is 16.5. The van der Waals surface area contributed by atoms with E-state index in [0.29, 0.717) is 43.6 Å². The predicted octanol–water partition coefficient (Wildman–Crippen LogP) is 0.605. The fourth-order valence-corrected chi connectivity index (χ4v) is 2.68. The smallest absolute Gasteiger partial charge is 0.230 e. The number of ether oxygens (including phenoxy) is 2. The van der Waals surface area contributed by atoms with Gasteiger partial charge in [-0.2, -0.15) is 0 Å². The third-order valence-electron chi connectivity index (χ3n) is 3.93. The second-order valence-electron chi connectivity index (χ2n) is 5.60. The summed E-state index contributed by atoms with van der Waals surface area (Å²) < 4.78 is 10.5. The summed E-state index contributed by atoms with van der Waals surface area (Å²) in [5.41, 5.74) is 1.44. The van der Waals surface area contributed by atoms with Crippen molar-refractivity contribution in [3.63, 3.8) is 0 Å². The maximum absolute atomic E-state index is 12.3. The first-order valence-electron chi connectivity index (χ1n) is 7.89. The van der Waals surface area contributed by atoms with Crippen LogP contribution < -0.4 is 10.1 Å². The minimum atomic E-state index is -0.879. The molecule has 2 N–H and O–H groups in total. The van der Waals surface area contributed by atoms with Crippen LogP contribution in [-0.2, 0) is 9.53 Å². The molecular weight excluding hydrogens is 310 g/mol. The van der Waals surface area contributed by atoms with E-state index in [0.717, 1.165) is 5.56 Å². The Morgan fingerprint density at radius 3 is 3.00 bits per heavy atom. The van der Waals surface area contributed by atoms with Gasteiger partial charge >= 0.3 is 0 Å². The molecule has 7 heteroatoms. The molecule has 1 fully saturated rings. The lowest BCUT2D eigenvalue weighted by molar-refractivity contribution is -0.133. The van der Waals surface area contributed by atoms with Gasteiger partial charge in [0.2, 0.25) is 5.91 Å². The second-order valence-corrected chi connectivity index (χ2v) is 5.60. The molecule has 0 aliphatic carbocycles. The Morgan fingerprint density at radius 1 is 1.46 bits per heavy atom. The number of carbonyl (C=O) groups excluding carboxylic acids is 1. The third kappa shape index (κ3) is 3.93. The van der Waals surface area contributed by atoms with Gasteiger partial charge in [-0.15, -0.1) is 0 Å². The number of methoxy groups -OCH3 is 1. The fraction of sp³-hybridized carbons (Fsp3) is 0.412. The molecule has 2 aliphatic rings. The molecule has 0 saturated carbocycles.